The first-order valence-electron chi connectivity index (χ1n) is 7.25. The zero-order chi connectivity index (χ0) is 17.2. The quantitative estimate of drug-likeness (QED) is 0.550. The first-order chi connectivity index (χ1) is 12.2. The Morgan fingerprint density at radius 1 is 1.20 bits per heavy atom. The Kier molecular flexibility index (Phi) is 3.90. The molecule has 0 spiro atoms. The van der Waals surface area contributed by atoms with Gasteiger partial charge in [0.05, 0.1) is 11.7 Å². The van der Waals surface area contributed by atoms with E-state index >= 15 is 0 Å². The molecule has 10 nitrogen and oxygen atoms in total. The number of anilines is 3. The normalized spacial score (nSPS) is 11.0. The minimum absolute atomic E-state index is 0.236. The molecule has 0 radical (unpaired) electrons. The first kappa shape index (κ1) is 15.3. The Bertz CT molecular complexity index is 999. The number of nitrogens with one attached hydrogen (secondary N) is 2. The zero-order valence-electron chi connectivity index (χ0n) is 13.3. The standard InChI is InChI=1S/C14H13N9OS/c1-23(2)12-11(17-13-21-16-7-24-13)18-14(22-20-12)25-9-3-4-10-8(5-9)6-15-19-10/h3-7H,1-2H3,(H,15,19)(H,17,18,21,22). The number of rotatable bonds is 5. The van der Waals surface area contributed by atoms with Crippen molar-refractivity contribution in [3.05, 3.63) is 30.8 Å². The Morgan fingerprint density at radius 3 is 2.92 bits per heavy atom. The number of benzene rings is 1. The van der Waals surface area contributed by atoms with Gasteiger partial charge < -0.3 is 9.32 Å². The molecular weight excluding hydrogens is 342 g/mol. The summed E-state index contributed by atoms with van der Waals surface area (Å²) in [4.78, 5) is 7.30. The van der Waals surface area contributed by atoms with Gasteiger partial charge in [-0.1, -0.05) is 5.10 Å². The van der Waals surface area contributed by atoms with Crippen molar-refractivity contribution in [3.63, 3.8) is 0 Å². The van der Waals surface area contributed by atoms with E-state index in [-0.39, 0.29) is 6.01 Å². The average molecular weight is 355 g/mol. The van der Waals surface area contributed by atoms with Crippen LogP contribution in [0.15, 0.2) is 45.3 Å². The van der Waals surface area contributed by atoms with Crippen LogP contribution in [0.2, 0.25) is 0 Å². The summed E-state index contributed by atoms with van der Waals surface area (Å²) in [5, 5.41) is 27.3. The highest BCUT2D eigenvalue weighted by Crippen LogP contribution is 2.30. The number of fused-ring (bicyclic) bond motifs is 1. The van der Waals surface area contributed by atoms with Crippen molar-refractivity contribution in [1.82, 2.24) is 35.6 Å². The molecule has 0 saturated carbocycles. The molecule has 0 atom stereocenters. The Labute approximate surface area is 146 Å². The lowest BCUT2D eigenvalue weighted by Crippen LogP contribution is -2.15. The van der Waals surface area contributed by atoms with Gasteiger partial charge in [0, 0.05) is 24.4 Å². The summed E-state index contributed by atoms with van der Waals surface area (Å²) in [6.45, 7) is 0. The molecule has 0 saturated heterocycles. The summed E-state index contributed by atoms with van der Waals surface area (Å²) >= 11 is 1.40. The topological polar surface area (TPSA) is 122 Å². The van der Waals surface area contributed by atoms with Crippen LogP contribution in [0, 0.1) is 0 Å². The van der Waals surface area contributed by atoms with Gasteiger partial charge in [0.15, 0.2) is 11.6 Å². The number of aromatic nitrogens is 7. The molecule has 0 fully saturated rings. The minimum Gasteiger partial charge on any atom is -0.411 e. The van der Waals surface area contributed by atoms with Crippen LogP contribution >= 0.6 is 11.8 Å². The molecule has 0 bridgehead atoms. The summed E-state index contributed by atoms with van der Waals surface area (Å²) in [7, 11) is 3.70. The monoisotopic (exact) mass is 355 g/mol. The molecule has 0 aliphatic rings. The van der Waals surface area contributed by atoms with Crippen LogP contribution in [-0.2, 0) is 0 Å². The highest BCUT2D eigenvalue weighted by Gasteiger charge is 2.14. The Morgan fingerprint density at radius 2 is 2.12 bits per heavy atom. The van der Waals surface area contributed by atoms with Crippen molar-refractivity contribution >= 4 is 40.3 Å². The number of hydrogen-bond donors (Lipinski definition) is 2. The van der Waals surface area contributed by atoms with E-state index in [1.807, 2.05) is 32.3 Å². The van der Waals surface area contributed by atoms with Gasteiger partial charge in [-0.15, -0.1) is 15.3 Å². The van der Waals surface area contributed by atoms with Gasteiger partial charge in [0.2, 0.25) is 11.6 Å². The molecule has 3 heterocycles. The molecule has 4 aromatic rings. The van der Waals surface area contributed by atoms with Crippen LogP contribution in [0.25, 0.3) is 10.9 Å². The summed E-state index contributed by atoms with van der Waals surface area (Å²) in [5.74, 6) is 1.05. The van der Waals surface area contributed by atoms with E-state index in [4.69, 9.17) is 4.42 Å². The van der Waals surface area contributed by atoms with Crippen LogP contribution in [0.1, 0.15) is 0 Å². The lowest BCUT2D eigenvalue weighted by atomic mass is 10.3. The number of aromatic amines is 1. The third-order valence-corrected chi connectivity index (χ3v) is 4.12. The largest absolute Gasteiger partial charge is 0.411 e. The maximum absolute atomic E-state index is 5.11. The summed E-state index contributed by atoms with van der Waals surface area (Å²) in [6.07, 6.45) is 3.01. The highest BCUT2D eigenvalue weighted by atomic mass is 32.2. The van der Waals surface area contributed by atoms with Gasteiger partial charge in [0.1, 0.15) is 0 Å². The van der Waals surface area contributed by atoms with E-state index in [1.165, 1.54) is 18.2 Å². The number of nitrogens with zero attached hydrogens (tertiary/aromatic N) is 7. The molecule has 0 amide bonds. The van der Waals surface area contributed by atoms with E-state index in [1.54, 1.807) is 11.1 Å². The lowest BCUT2D eigenvalue weighted by molar-refractivity contribution is 0.571. The van der Waals surface area contributed by atoms with E-state index in [0.717, 1.165) is 15.8 Å². The third kappa shape index (κ3) is 3.21. The van der Waals surface area contributed by atoms with Crippen LogP contribution in [-0.4, -0.2) is 49.7 Å². The summed E-state index contributed by atoms with van der Waals surface area (Å²) in [6, 6.07) is 6.18. The molecule has 0 aliphatic carbocycles. The predicted molar refractivity (Wildman–Crippen MR) is 92.0 cm³/mol. The van der Waals surface area contributed by atoms with Gasteiger partial charge in [-0.3, -0.25) is 10.4 Å². The molecule has 3 aromatic heterocycles. The van der Waals surface area contributed by atoms with Crippen molar-refractivity contribution in [2.45, 2.75) is 10.1 Å². The van der Waals surface area contributed by atoms with Gasteiger partial charge in [0.25, 0.3) is 0 Å². The molecule has 25 heavy (non-hydrogen) atoms. The fourth-order valence-corrected chi connectivity index (χ4v) is 2.90. The van der Waals surface area contributed by atoms with Crippen LogP contribution in [0.4, 0.5) is 17.7 Å². The number of hydrogen-bond acceptors (Lipinski definition) is 10. The minimum atomic E-state index is 0.236. The SMILES string of the molecule is CN(C)c1nnc(Sc2ccc3[nH]ncc3c2)nc1Nc1nnco1. The van der Waals surface area contributed by atoms with Gasteiger partial charge >= 0.3 is 6.01 Å². The second-order valence-electron chi connectivity index (χ2n) is 5.25. The van der Waals surface area contributed by atoms with Crippen molar-refractivity contribution < 1.29 is 4.42 Å². The predicted octanol–water partition coefficient (Wildman–Crippen LogP) is 2.09. The van der Waals surface area contributed by atoms with E-state index in [0.29, 0.717) is 16.8 Å². The smallest absolute Gasteiger partial charge is 0.321 e. The zero-order valence-corrected chi connectivity index (χ0v) is 14.2. The fraction of sp³-hybridized carbons (Fsp3) is 0.143. The number of H-pyrrole nitrogens is 1. The molecule has 0 aliphatic heterocycles. The molecule has 2 N–H and O–H groups in total. The summed E-state index contributed by atoms with van der Waals surface area (Å²) in [5.41, 5.74) is 0.977. The van der Waals surface area contributed by atoms with Crippen molar-refractivity contribution in [2.75, 3.05) is 24.3 Å². The van der Waals surface area contributed by atoms with Crippen LogP contribution < -0.4 is 10.2 Å². The second-order valence-corrected chi connectivity index (χ2v) is 6.29. The van der Waals surface area contributed by atoms with E-state index in [2.05, 4.69) is 40.9 Å². The van der Waals surface area contributed by atoms with Gasteiger partial charge in [-0.25, -0.2) is 0 Å². The average Bonchev–Trinajstić information content (AvgIpc) is 3.26. The van der Waals surface area contributed by atoms with Gasteiger partial charge in [-0.05, 0) is 30.0 Å². The van der Waals surface area contributed by atoms with Crippen molar-refractivity contribution in [1.29, 1.82) is 0 Å². The molecule has 4 rings (SSSR count). The fourth-order valence-electron chi connectivity index (χ4n) is 2.15. The van der Waals surface area contributed by atoms with Crippen LogP contribution in [0.3, 0.4) is 0 Å². The molecule has 126 valence electrons. The Balaban J connectivity index is 1.64. The van der Waals surface area contributed by atoms with Crippen molar-refractivity contribution in [3.8, 4) is 0 Å². The third-order valence-electron chi connectivity index (χ3n) is 3.28. The van der Waals surface area contributed by atoms with Crippen molar-refractivity contribution in [2.24, 2.45) is 0 Å². The summed E-state index contributed by atoms with van der Waals surface area (Å²) < 4.78 is 5.11. The van der Waals surface area contributed by atoms with E-state index < -0.39 is 0 Å². The molecular formula is C14H13N9OS. The highest BCUT2D eigenvalue weighted by molar-refractivity contribution is 7.99. The Hall–Kier alpha value is -3.21. The molecule has 11 heteroatoms. The lowest BCUT2D eigenvalue weighted by Gasteiger charge is -2.14. The van der Waals surface area contributed by atoms with Crippen LogP contribution in [0.5, 0.6) is 0 Å². The second kappa shape index (κ2) is 6.36. The molecule has 1 aromatic carbocycles. The maximum Gasteiger partial charge on any atom is 0.321 e. The van der Waals surface area contributed by atoms with Gasteiger partial charge in [-0.2, -0.15) is 10.1 Å². The first-order valence-corrected chi connectivity index (χ1v) is 8.07. The molecule has 0 unspecified atom stereocenters. The van der Waals surface area contributed by atoms with E-state index in [9.17, 15) is 0 Å². The maximum atomic E-state index is 5.11.